The van der Waals surface area contributed by atoms with E-state index in [1.165, 1.54) is 6.33 Å². The van der Waals surface area contributed by atoms with Crippen LogP contribution in [0.5, 0.6) is 11.5 Å². The summed E-state index contributed by atoms with van der Waals surface area (Å²) in [6.07, 6.45) is 7.82. The highest BCUT2D eigenvalue weighted by Gasteiger charge is 2.09. The van der Waals surface area contributed by atoms with Crippen LogP contribution in [0.25, 0.3) is 17.0 Å². The summed E-state index contributed by atoms with van der Waals surface area (Å²) in [6.45, 7) is 2.11. The lowest BCUT2D eigenvalue weighted by atomic mass is 10.1. The molecule has 0 saturated heterocycles. The molecule has 4 aromatic rings. The molecule has 0 aliphatic heterocycles. The first kappa shape index (κ1) is 23.6. The minimum atomic E-state index is -3.23. The van der Waals surface area contributed by atoms with Gasteiger partial charge in [-0.05, 0) is 55.0 Å². The Balaban J connectivity index is 1.53. The second-order valence-electron chi connectivity index (χ2n) is 7.53. The molecule has 2 aromatic heterocycles. The average molecular weight is 496 g/mol. The van der Waals surface area contributed by atoms with Crippen LogP contribution in [0.15, 0.2) is 67.1 Å². The normalized spacial score (nSPS) is 11.7. The largest absolute Gasteiger partial charge is 0.454 e. The van der Waals surface area contributed by atoms with Crippen molar-refractivity contribution in [1.29, 1.82) is 0 Å². The first-order valence-corrected chi connectivity index (χ1v) is 12.6. The Kier molecular flexibility index (Phi) is 7.06. The molecule has 174 valence electrons. The van der Waals surface area contributed by atoms with Crippen molar-refractivity contribution in [3.05, 3.63) is 83.4 Å². The Hall–Kier alpha value is -3.53. The number of aromatic nitrogens is 3. The van der Waals surface area contributed by atoms with E-state index in [2.05, 4.69) is 25.0 Å². The molecule has 0 spiro atoms. The van der Waals surface area contributed by atoms with Gasteiger partial charge in [-0.1, -0.05) is 29.8 Å². The summed E-state index contributed by atoms with van der Waals surface area (Å²) in [6, 6.07) is 14.8. The Bertz CT molecular complexity index is 1460. The number of pyridine rings is 1. The van der Waals surface area contributed by atoms with Gasteiger partial charge < -0.3 is 10.1 Å². The lowest BCUT2D eigenvalue weighted by Crippen LogP contribution is -2.21. The molecule has 8 nitrogen and oxygen atoms in total. The third-order valence-corrected chi connectivity index (χ3v) is 5.73. The molecule has 2 N–H and O–H groups in total. The quantitative estimate of drug-likeness (QED) is 0.351. The molecule has 0 bridgehead atoms. The molecule has 0 fully saturated rings. The number of nitrogens with one attached hydrogen (secondary N) is 2. The maximum atomic E-state index is 11.2. The highest BCUT2D eigenvalue weighted by molar-refractivity contribution is 7.88. The van der Waals surface area contributed by atoms with Crippen LogP contribution in [0, 0.1) is 6.92 Å². The Morgan fingerprint density at radius 3 is 2.65 bits per heavy atom. The predicted octanol–water partition coefficient (Wildman–Crippen LogP) is 5.08. The number of hydrogen-bond donors (Lipinski definition) is 2. The number of fused-ring (bicyclic) bond motifs is 1. The second kappa shape index (κ2) is 10.2. The Morgan fingerprint density at radius 1 is 1.06 bits per heavy atom. The number of ether oxygens (including phenoxy) is 1. The SMILES string of the molecule is Cc1ccc(Oc2ccc(Nc3ncnc4ccc(/C=C/CNS(C)(=O)=O)cc34)cc2Cl)cn1. The molecule has 0 saturated carbocycles. The van der Waals surface area contributed by atoms with Crippen LogP contribution in [0.3, 0.4) is 0 Å². The molecule has 2 aromatic carbocycles. The number of aryl methyl sites for hydroxylation is 1. The topological polar surface area (TPSA) is 106 Å². The number of halogens is 1. The zero-order chi connectivity index (χ0) is 24.1. The van der Waals surface area contributed by atoms with E-state index in [0.29, 0.717) is 22.3 Å². The van der Waals surface area contributed by atoms with E-state index in [4.69, 9.17) is 16.3 Å². The first-order chi connectivity index (χ1) is 16.3. The molecule has 2 heterocycles. The van der Waals surface area contributed by atoms with Crippen LogP contribution in [-0.4, -0.2) is 36.2 Å². The summed E-state index contributed by atoms with van der Waals surface area (Å²) < 4.78 is 30.6. The number of rotatable bonds is 8. The number of hydrogen-bond acceptors (Lipinski definition) is 7. The van der Waals surface area contributed by atoms with Gasteiger partial charge in [0.1, 0.15) is 23.6 Å². The molecular formula is C24H22ClN5O3S. The second-order valence-corrected chi connectivity index (χ2v) is 9.77. The molecule has 34 heavy (non-hydrogen) atoms. The summed E-state index contributed by atoms with van der Waals surface area (Å²) in [5.74, 6) is 1.73. The van der Waals surface area contributed by atoms with Gasteiger partial charge in [-0.25, -0.2) is 23.1 Å². The highest BCUT2D eigenvalue weighted by Crippen LogP contribution is 2.33. The number of benzene rings is 2. The van der Waals surface area contributed by atoms with Crippen molar-refractivity contribution in [1.82, 2.24) is 19.7 Å². The van der Waals surface area contributed by atoms with E-state index < -0.39 is 10.0 Å². The van der Waals surface area contributed by atoms with Crippen LogP contribution in [0.4, 0.5) is 11.5 Å². The van der Waals surface area contributed by atoms with E-state index in [1.54, 1.807) is 24.4 Å². The third kappa shape index (κ3) is 6.28. The molecule has 0 radical (unpaired) electrons. The smallest absolute Gasteiger partial charge is 0.208 e. The van der Waals surface area contributed by atoms with Gasteiger partial charge in [-0.3, -0.25) is 4.98 Å². The van der Waals surface area contributed by atoms with Crippen LogP contribution in [0.1, 0.15) is 11.3 Å². The zero-order valence-electron chi connectivity index (χ0n) is 18.5. The minimum Gasteiger partial charge on any atom is -0.454 e. The minimum absolute atomic E-state index is 0.207. The van der Waals surface area contributed by atoms with Crippen LogP contribution in [-0.2, 0) is 10.0 Å². The molecule has 0 unspecified atom stereocenters. The lowest BCUT2D eigenvalue weighted by Gasteiger charge is -2.12. The van der Waals surface area contributed by atoms with E-state index in [-0.39, 0.29) is 6.54 Å². The Morgan fingerprint density at radius 2 is 1.91 bits per heavy atom. The fourth-order valence-electron chi connectivity index (χ4n) is 3.11. The summed E-state index contributed by atoms with van der Waals surface area (Å²) >= 11 is 6.45. The van der Waals surface area contributed by atoms with Crippen molar-refractivity contribution >= 4 is 50.1 Å². The van der Waals surface area contributed by atoms with Crippen LogP contribution >= 0.6 is 11.6 Å². The van der Waals surface area contributed by atoms with Gasteiger partial charge in [0.05, 0.1) is 23.0 Å². The van der Waals surface area contributed by atoms with Crippen LogP contribution in [0.2, 0.25) is 5.02 Å². The summed E-state index contributed by atoms with van der Waals surface area (Å²) in [7, 11) is -3.23. The molecule has 0 amide bonds. The summed E-state index contributed by atoms with van der Waals surface area (Å²) in [5, 5.41) is 4.53. The van der Waals surface area contributed by atoms with Crippen molar-refractivity contribution < 1.29 is 13.2 Å². The van der Waals surface area contributed by atoms with Gasteiger partial charge in [-0.15, -0.1) is 0 Å². The van der Waals surface area contributed by atoms with E-state index >= 15 is 0 Å². The fraction of sp³-hybridized carbons (Fsp3) is 0.125. The number of sulfonamides is 1. The molecular weight excluding hydrogens is 474 g/mol. The number of nitrogens with zero attached hydrogens (tertiary/aromatic N) is 3. The maximum Gasteiger partial charge on any atom is 0.208 e. The standard InChI is InChI=1S/C24H22ClN5O3S/c1-16-5-8-19(14-26-16)33-23-10-7-18(13-21(23)25)30-24-20-12-17(4-3-11-29-34(2,31)32)6-9-22(20)27-15-28-24/h3-10,12-15,29H,11H2,1-2H3,(H,27,28,30)/b4-3+. The maximum absolute atomic E-state index is 11.2. The van der Waals surface area contributed by atoms with Gasteiger partial charge in [0.25, 0.3) is 0 Å². The monoisotopic (exact) mass is 495 g/mol. The summed E-state index contributed by atoms with van der Waals surface area (Å²) in [4.78, 5) is 12.9. The Labute approximate surface area is 202 Å². The van der Waals surface area contributed by atoms with Crippen molar-refractivity contribution in [2.75, 3.05) is 18.1 Å². The van der Waals surface area contributed by atoms with Gasteiger partial charge in [0.2, 0.25) is 10.0 Å². The number of anilines is 2. The molecule has 0 aliphatic rings. The van der Waals surface area contributed by atoms with Gasteiger partial charge in [0.15, 0.2) is 0 Å². The van der Waals surface area contributed by atoms with Gasteiger partial charge in [0, 0.05) is 23.3 Å². The molecule has 0 aliphatic carbocycles. The van der Waals surface area contributed by atoms with Crippen molar-refractivity contribution in [3.63, 3.8) is 0 Å². The molecule has 4 rings (SSSR count). The van der Waals surface area contributed by atoms with Crippen molar-refractivity contribution in [2.24, 2.45) is 0 Å². The van der Waals surface area contributed by atoms with E-state index in [0.717, 1.165) is 34.1 Å². The highest BCUT2D eigenvalue weighted by atomic mass is 35.5. The first-order valence-electron chi connectivity index (χ1n) is 10.3. The molecule has 0 atom stereocenters. The molecule has 10 heteroatoms. The summed E-state index contributed by atoms with van der Waals surface area (Å²) in [5.41, 5.74) is 3.29. The van der Waals surface area contributed by atoms with Crippen molar-refractivity contribution in [2.45, 2.75) is 6.92 Å². The van der Waals surface area contributed by atoms with E-state index in [1.807, 2.05) is 49.4 Å². The lowest BCUT2D eigenvalue weighted by molar-refractivity contribution is 0.480. The van der Waals surface area contributed by atoms with Gasteiger partial charge in [-0.2, -0.15) is 0 Å². The predicted molar refractivity (Wildman–Crippen MR) is 135 cm³/mol. The fourth-order valence-corrected chi connectivity index (χ4v) is 3.73. The van der Waals surface area contributed by atoms with Gasteiger partial charge >= 0.3 is 0 Å². The third-order valence-electron chi connectivity index (χ3n) is 4.74. The van der Waals surface area contributed by atoms with Crippen molar-refractivity contribution in [3.8, 4) is 11.5 Å². The van der Waals surface area contributed by atoms with Crippen LogP contribution < -0.4 is 14.8 Å². The zero-order valence-corrected chi connectivity index (χ0v) is 20.1. The van der Waals surface area contributed by atoms with E-state index in [9.17, 15) is 8.42 Å². The average Bonchev–Trinajstić information content (AvgIpc) is 2.80.